The first-order valence-corrected chi connectivity index (χ1v) is 6.41. The summed E-state index contributed by atoms with van der Waals surface area (Å²) in [4.78, 5) is 0. The third-order valence-electron chi connectivity index (χ3n) is 2.83. The van der Waals surface area contributed by atoms with E-state index in [2.05, 4.69) is 15.9 Å². The summed E-state index contributed by atoms with van der Waals surface area (Å²) in [5.41, 5.74) is 6.26. The third kappa shape index (κ3) is 3.16. The molecule has 0 bridgehead atoms. The Morgan fingerprint density at radius 2 is 1.79 bits per heavy atom. The second kappa shape index (κ2) is 5.75. The zero-order valence-corrected chi connectivity index (χ0v) is 11.4. The van der Waals surface area contributed by atoms with Crippen LogP contribution in [0, 0.1) is 17.5 Å². The summed E-state index contributed by atoms with van der Waals surface area (Å²) in [7, 11) is 0. The van der Waals surface area contributed by atoms with Crippen molar-refractivity contribution in [3.63, 3.8) is 0 Å². The predicted molar refractivity (Wildman–Crippen MR) is 71.1 cm³/mol. The molecular weight excluding hydrogens is 319 g/mol. The quantitative estimate of drug-likeness (QED) is 0.901. The third-order valence-corrected chi connectivity index (χ3v) is 3.32. The van der Waals surface area contributed by atoms with Crippen molar-refractivity contribution < 1.29 is 13.2 Å². The van der Waals surface area contributed by atoms with Crippen LogP contribution in [0.5, 0.6) is 0 Å². The molecule has 0 radical (unpaired) electrons. The fraction of sp³-hybridized carbons (Fsp3) is 0.143. The van der Waals surface area contributed by atoms with Crippen LogP contribution >= 0.6 is 15.9 Å². The summed E-state index contributed by atoms with van der Waals surface area (Å²) >= 11 is 3.22. The van der Waals surface area contributed by atoms with Crippen LogP contribution in [0.3, 0.4) is 0 Å². The Kier molecular flexibility index (Phi) is 4.27. The van der Waals surface area contributed by atoms with Gasteiger partial charge in [-0.25, -0.2) is 13.2 Å². The van der Waals surface area contributed by atoms with Gasteiger partial charge in [0.1, 0.15) is 5.82 Å². The number of hydrogen-bond acceptors (Lipinski definition) is 1. The van der Waals surface area contributed by atoms with Gasteiger partial charge in [0.05, 0.1) is 0 Å². The average molecular weight is 330 g/mol. The van der Waals surface area contributed by atoms with Crippen molar-refractivity contribution in [2.75, 3.05) is 0 Å². The molecule has 0 fully saturated rings. The van der Waals surface area contributed by atoms with Gasteiger partial charge in [0, 0.05) is 16.1 Å². The molecule has 2 rings (SSSR count). The molecule has 100 valence electrons. The Bertz CT molecular complexity index is 601. The van der Waals surface area contributed by atoms with Crippen molar-refractivity contribution in [1.82, 2.24) is 0 Å². The van der Waals surface area contributed by atoms with E-state index in [4.69, 9.17) is 5.73 Å². The smallest absolute Gasteiger partial charge is 0.162 e. The second-order valence-electron chi connectivity index (χ2n) is 4.19. The first-order valence-electron chi connectivity index (χ1n) is 5.62. The molecule has 1 unspecified atom stereocenters. The molecule has 0 heterocycles. The van der Waals surface area contributed by atoms with E-state index in [0.717, 1.165) is 6.07 Å². The lowest BCUT2D eigenvalue weighted by atomic mass is 9.99. The van der Waals surface area contributed by atoms with Gasteiger partial charge < -0.3 is 5.73 Å². The van der Waals surface area contributed by atoms with Crippen molar-refractivity contribution >= 4 is 15.9 Å². The fourth-order valence-electron chi connectivity index (χ4n) is 1.85. The van der Waals surface area contributed by atoms with Gasteiger partial charge in [0.15, 0.2) is 11.6 Å². The van der Waals surface area contributed by atoms with Crippen molar-refractivity contribution in [2.45, 2.75) is 12.5 Å². The molecule has 0 aliphatic rings. The first kappa shape index (κ1) is 14.1. The van der Waals surface area contributed by atoms with Crippen LogP contribution in [0.25, 0.3) is 0 Å². The molecule has 0 saturated heterocycles. The zero-order chi connectivity index (χ0) is 14.0. The van der Waals surface area contributed by atoms with E-state index in [1.165, 1.54) is 24.3 Å². The average Bonchev–Trinajstić information content (AvgIpc) is 2.38. The van der Waals surface area contributed by atoms with Crippen LogP contribution in [0.15, 0.2) is 40.9 Å². The molecule has 2 aromatic carbocycles. The molecule has 2 N–H and O–H groups in total. The molecule has 0 saturated carbocycles. The standard InChI is InChI=1S/C14H11BrF3N/c15-9-4-5-11(16)10(7-9)13(19)6-8-2-1-3-12(17)14(8)18/h1-5,7,13H,6,19H2. The van der Waals surface area contributed by atoms with E-state index in [-0.39, 0.29) is 17.5 Å². The summed E-state index contributed by atoms with van der Waals surface area (Å²) in [6.45, 7) is 0. The predicted octanol–water partition coefficient (Wildman–Crippen LogP) is 4.11. The van der Waals surface area contributed by atoms with Crippen LogP contribution in [-0.2, 0) is 6.42 Å². The Hall–Kier alpha value is -1.33. The van der Waals surface area contributed by atoms with Crippen LogP contribution < -0.4 is 5.73 Å². The molecule has 1 nitrogen and oxygen atoms in total. The van der Waals surface area contributed by atoms with E-state index < -0.39 is 23.5 Å². The van der Waals surface area contributed by atoms with Gasteiger partial charge in [0.25, 0.3) is 0 Å². The maximum Gasteiger partial charge on any atom is 0.162 e. The highest BCUT2D eigenvalue weighted by atomic mass is 79.9. The van der Waals surface area contributed by atoms with Crippen LogP contribution in [0.4, 0.5) is 13.2 Å². The van der Waals surface area contributed by atoms with Gasteiger partial charge in [-0.2, -0.15) is 0 Å². The minimum atomic E-state index is -0.937. The SMILES string of the molecule is NC(Cc1cccc(F)c1F)c1cc(Br)ccc1F. The van der Waals surface area contributed by atoms with Gasteiger partial charge in [-0.3, -0.25) is 0 Å². The fourth-order valence-corrected chi connectivity index (χ4v) is 2.23. The Morgan fingerprint density at radius 1 is 1.05 bits per heavy atom. The van der Waals surface area contributed by atoms with Crippen LogP contribution in [0.2, 0.25) is 0 Å². The monoisotopic (exact) mass is 329 g/mol. The summed E-state index contributed by atoms with van der Waals surface area (Å²) in [5.74, 6) is -2.33. The van der Waals surface area contributed by atoms with E-state index in [1.807, 2.05) is 0 Å². The van der Waals surface area contributed by atoms with Gasteiger partial charge in [-0.05, 0) is 36.2 Å². The molecule has 5 heteroatoms. The topological polar surface area (TPSA) is 26.0 Å². The highest BCUT2D eigenvalue weighted by Gasteiger charge is 2.16. The Morgan fingerprint density at radius 3 is 2.53 bits per heavy atom. The molecule has 2 aromatic rings. The molecule has 0 amide bonds. The van der Waals surface area contributed by atoms with E-state index in [0.29, 0.717) is 4.47 Å². The van der Waals surface area contributed by atoms with Crippen LogP contribution in [0.1, 0.15) is 17.2 Å². The Balaban J connectivity index is 2.28. The summed E-state index contributed by atoms with van der Waals surface area (Å²) in [6.07, 6.45) is 0.0248. The van der Waals surface area contributed by atoms with E-state index in [1.54, 1.807) is 6.07 Å². The van der Waals surface area contributed by atoms with Crippen molar-refractivity contribution in [3.8, 4) is 0 Å². The van der Waals surface area contributed by atoms with Crippen molar-refractivity contribution in [1.29, 1.82) is 0 Å². The van der Waals surface area contributed by atoms with Crippen molar-refractivity contribution in [3.05, 3.63) is 69.4 Å². The minimum absolute atomic E-state index is 0.0248. The first-order chi connectivity index (χ1) is 8.99. The molecule has 0 aromatic heterocycles. The number of halogens is 4. The number of benzene rings is 2. The lowest BCUT2D eigenvalue weighted by Gasteiger charge is -2.14. The molecule has 0 aliphatic heterocycles. The summed E-state index contributed by atoms with van der Waals surface area (Å²) in [6, 6.07) is 7.50. The number of hydrogen-bond donors (Lipinski definition) is 1. The van der Waals surface area contributed by atoms with E-state index >= 15 is 0 Å². The molecule has 1 atom stereocenters. The normalized spacial score (nSPS) is 12.5. The van der Waals surface area contributed by atoms with Crippen molar-refractivity contribution in [2.24, 2.45) is 5.73 Å². The molecular formula is C14H11BrF3N. The molecule has 19 heavy (non-hydrogen) atoms. The lowest BCUT2D eigenvalue weighted by molar-refractivity contribution is 0.492. The largest absolute Gasteiger partial charge is 0.324 e. The highest BCUT2D eigenvalue weighted by Crippen LogP contribution is 2.24. The molecule has 0 aliphatic carbocycles. The Labute approximate surface area is 117 Å². The summed E-state index contributed by atoms with van der Waals surface area (Å²) < 4.78 is 40.9. The minimum Gasteiger partial charge on any atom is -0.324 e. The van der Waals surface area contributed by atoms with Crippen LogP contribution in [-0.4, -0.2) is 0 Å². The van der Waals surface area contributed by atoms with Gasteiger partial charge in [-0.15, -0.1) is 0 Å². The number of nitrogens with two attached hydrogens (primary N) is 1. The second-order valence-corrected chi connectivity index (χ2v) is 5.11. The number of rotatable bonds is 3. The maximum atomic E-state index is 13.6. The van der Waals surface area contributed by atoms with Gasteiger partial charge in [0.2, 0.25) is 0 Å². The van der Waals surface area contributed by atoms with Gasteiger partial charge >= 0.3 is 0 Å². The lowest BCUT2D eigenvalue weighted by Crippen LogP contribution is -2.16. The summed E-state index contributed by atoms with van der Waals surface area (Å²) in [5, 5.41) is 0. The maximum absolute atomic E-state index is 13.6. The zero-order valence-electron chi connectivity index (χ0n) is 9.84. The molecule has 0 spiro atoms. The van der Waals surface area contributed by atoms with E-state index in [9.17, 15) is 13.2 Å². The highest BCUT2D eigenvalue weighted by molar-refractivity contribution is 9.10. The van der Waals surface area contributed by atoms with Gasteiger partial charge in [-0.1, -0.05) is 28.1 Å².